The predicted molar refractivity (Wildman–Crippen MR) is 66.9 cm³/mol. The lowest BCUT2D eigenvalue weighted by Crippen LogP contribution is -2.42. The van der Waals surface area contributed by atoms with Crippen molar-refractivity contribution in [1.82, 2.24) is 4.98 Å². The standard InChI is InChI=1S/C13H10N2O4/c1-19-15-10-4-7(16)2-3-8(10)14-9-5-12(17)13(18)6-11(9)15/h2-6H,1H3,(H2,14,16,17,18)/p+1. The van der Waals surface area contributed by atoms with Crippen LogP contribution in [0.3, 0.4) is 0 Å². The van der Waals surface area contributed by atoms with Gasteiger partial charge in [-0.25, -0.2) is 4.98 Å². The second kappa shape index (κ2) is 3.88. The van der Waals surface area contributed by atoms with Gasteiger partial charge in [-0.3, -0.25) is 4.84 Å². The maximum absolute atomic E-state index is 9.57. The van der Waals surface area contributed by atoms with E-state index >= 15 is 0 Å². The van der Waals surface area contributed by atoms with E-state index in [0.717, 1.165) is 0 Å². The van der Waals surface area contributed by atoms with Crippen LogP contribution in [0.4, 0.5) is 0 Å². The van der Waals surface area contributed by atoms with Crippen LogP contribution in [-0.4, -0.2) is 27.4 Å². The molecule has 0 aliphatic rings. The molecule has 0 bridgehead atoms. The topological polar surface area (TPSA) is 86.7 Å². The summed E-state index contributed by atoms with van der Waals surface area (Å²) in [5, 5.41) is 28.6. The molecule has 2 aromatic carbocycles. The molecule has 0 spiro atoms. The van der Waals surface area contributed by atoms with E-state index in [1.807, 2.05) is 0 Å². The molecule has 0 fully saturated rings. The smallest absolute Gasteiger partial charge is 0.287 e. The first-order valence-electron chi connectivity index (χ1n) is 5.55. The van der Waals surface area contributed by atoms with Crippen molar-refractivity contribution in [2.24, 2.45) is 0 Å². The van der Waals surface area contributed by atoms with Crippen LogP contribution in [0.1, 0.15) is 0 Å². The van der Waals surface area contributed by atoms with Gasteiger partial charge in [0.05, 0.1) is 12.1 Å². The molecule has 0 aliphatic heterocycles. The molecule has 0 saturated carbocycles. The summed E-state index contributed by atoms with van der Waals surface area (Å²) in [6, 6.07) is 7.37. The van der Waals surface area contributed by atoms with Crippen molar-refractivity contribution in [1.29, 1.82) is 0 Å². The fourth-order valence-corrected chi connectivity index (χ4v) is 2.03. The number of benzene rings is 2. The van der Waals surface area contributed by atoms with Crippen LogP contribution in [0.25, 0.3) is 22.1 Å². The van der Waals surface area contributed by atoms with Gasteiger partial charge in [0, 0.05) is 10.8 Å². The van der Waals surface area contributed by atoms with E-state index in [1.165, 1.54) is 36.1 Å². The molecule has 19 heavy (non-hydrogen) atoms. The van der Waals surface area contributed by atoms with Crippen molar-refractivity contribution < 1.29 is 24.9 Å². The van der Waals surface area contributed by atoms with E-state index in [4.69, 9.17) is 4.84 Å². The van der Waals surface area contributed by atoms with Crippen molar-refractivity contribution in [3.8, 4) is 17.2 Å². The van der Waals surface area contributed by atoms with Crippen LogP contribution in [0.15, 0.2) is 30.3 Å². The van der Waals surface area contributed by atoms with Crippen molar-refractivity contribution in [3.63, 3.8) is 0 Å². The third kappa shape index (κ3) is 1.65. The third-order valence-electron chi connectivity index (χ3n) is 2.89. The molecule has 0 unspecified atom stereocenters. The Balaban J connectivity index is 2.53. The molecule has 96 valence electrons. The highest BCUT2D eigenvalue weighted by molar-refractivity contribution is 5.84. The molecule has 6 nitrogen and oxygen atoms in total. The number of fused-ring (bicyclic) bond motifs is 2. The summed E-state index contributed by atoms with van der Waals surface area (Å²) in [7, 11) is 1.47. The molecule has 1 aromatic heterocycles. The first-order chi connectivity index (χ1) is 9.10. The summed E-state index contributed by atoms with van der Waals surface area (Å²) in [6.45, 7) is 0. The van der Waals surface area contributed by atoms with Gasteiger partial charge < -0.3 is 15.3 Å². The Morgan fingerprint density at radius 1 is 0.947 bits per heavy atom. The van der Waals surface area contributed by atoms with Crippen molar-refractivity contribution in [3.05, 3.63) is 30.3 Å². The third-order valence-corrected chi connectivity index (χ3v) is 2.89. The Labute approximate surface area is 107 Å². The van der Waals surface area contributed by atoms with E-state index < -0.39 is 0 Å². The highest BCUT2D eigenvalue weighted by atomic mass is 16.6. The minimum atomic E-state index is -0.264. The number of hydrogen-bond donors (Lipinski definition) is 3. The quantitative estimate of drug-likeness (QED) is 0.342. The molecule has 0 saturated heterocycles. The number of nitrogens with zero attached hydrogens (tertiary/aromatic N) is 2. The van der Waals surface area contributed by atoms with Gasteiger partial charge in [0.15, 0.2) is 11.5 Å². The van der Waals surface area contributed by atoms with Gasteiger partial charge in [-0.15, -0.1) is 0 Å². The highest BCUT2D eigenvalue weighted by Crippen LogP contribution is 2.29. The fourth-order valence-electron chi connectivity index (χ4n) is 2.03. The number of aromatic nitrogens is 2. The largest absolute Gasteiger partial charge is 0.508 e. The minimum Gasteiger partial charge on any atom is -0.508 e. The summed E-state index contributed by atoms with van der Waals surface area (Å²) in [5.74, 6) is -0.428. The molecule has 1 heterocycles. The van der Waals surface area contributed by atoms with Crippen LogP contribution >= 0.6 is 0 Å². The van der Waals surface area contributed by atoms with E-state index in [2.05, 4.69) is 4.98 Å². The maximum Gasteiger partial charge on any atom is 0.287 e. The maximum atomic E-state index is 9.57. The van der Waals surface area contributed by atoms with E-state index in [1.54, 1.807) is 6.07 Å². The second-order valence-corrected chi connectivity index (χ2v) is 4.09. The Kier molecular flexibility index (Phi) is 2.31. The summed E-state index contributed by atoms with van der Waals surface area (Å²) < 4.78 is 1.43. The molecule has 3 aromatic rings. The Hall–Kier alpha value is -2.76. The predicted octanol–water partition coefficient (Wildman–Crippen LogP) is 0.851. The number of aromatic hydroxyl groups is 3. The van der Waals surface area contributed by atoms with Crippen LogP contribution < -0.4 is 9.57 Å². The minimum absolute atomic E-state index is 0.0856. The van der Waals surface area contributed by atoms with Gasteiger partial charge in [0.25, 0.3) is 11.0 Å². The fraction of sp³-hybridized carbons (Fsp3) is 0.0769. The van der Waals surface area contributed by atoms with E-state index in [9.17, 15) is 15.3 Å². The Morgan fingerprint density at radius 3 is 2.37 bits per heavy atom. The van der Waals surface area contributed by atoms with Crippen LogP contribution in [0.5, 0.6) is 17.2 Å². The SMILES string of the molecule is CO[n+]1c2cc(O)ccc2nc2cc(O)c(O)cc21. The molecule has 3 N–H and O–H groups in total. The zero-order chi connectivity index (χ0) is 13.6. The van der Waals surface area contributed by atoms with Crippen LogP contribution in [0.2, 0.25) is 0 Å². The number of phenols is 3. The van der Waals surface area contributed by atoms with Gasteiger partial charge in [-0.1, -0.05) is 0 Å². The molecule has 0 aliphatic carbocycles. The highest BCUT2D eigenvalue weighted by Gasteiger charge is 2.20. The molecule has 0 amide bonds. The lowest BCUT2D eigenvalue weighted by molar-refractivity contribution is -0.844. The average Bonchev–Trinajstić information content (AvgIpc) is 2.38. The summed E-state index contributed by atoms with van der Waals surface area (Å²) in [5.41, 5.74) is 2.10. The lowest BCUT2D eigenvalue weighted by atomic mass is 10.2. The number of phenolic OH excluding ortho intramolecular Hbond substituents is 3. The van der Waals surface area contributed by atoms with Gasteiger partial charge in [0.2, 0.25) is 0 Å². The number of rotatable bonds is 1. The molecule has 0 radical (unpaired) electrons. The lowest BCUT2D eigenvalue weighted by Gasteiger charge is -2.03. The number of hydrogen-bond acceptors (Lipinski definition) is 5. The van der Waals surface area contributed by atoms with Crippen molar-refractivity contribution in [2.75, 3.05) is 7.11 Å². The van der Waals surface area contributed by atoms with Gasteiger partial charge in [0.1, 0.15) is 23.9 Å². The molecule has 3 rings (SSSR count). The zero-order valence-electron chi connectivity index (χ0n) is 10.0. The summed E-state index contributed by atoms with van der Waals surface area (Å²) >= 11 is 0. The monoisotopic (exact) mass is 259 g/mol. The van der Waals surface area contributed by atoms with Gasteiger partial charge in [-0.2, -0.15) is 0 Å². The molecule has 6 heteroatoms. The van der Waals surface area contributed by atoms with Gasteiger partial charge in [-0.05, 0) is 12.1 Å². The van der Waals surface area contributed by atoms with E-state index in [-0.39, 0.29) is 17.2 Å². The Bertz CT molecular complexity index is 802. The van der Waals surface area contributed by atoms with Crippen LogP contribution in [0, 0.1) is 0 Å². The first kappa shape index (κ1) is 11.3. The summed E-state index contributed by atoms with van der Waals surface area (Å²) in [4.78, 5) is 9.61. The molecule has 0 atom stereocenters. The van der Waals surface area contributed by atoms with Crippen molar-refractivity contribution in [2.45, 2.75) is 0 Å². The van der Waals surface area contributed by atoms with E-state index in [0.29, 0.717) is 22.1 Å². The van der Waals surface area contributed by atoms with Crippen molar-refractivity contribution >= 4 is 22.1 Å². The van der Waals surface area contributed by atoms with Crippen LogP contribution in [-0.2, 0) is 0 Å². The summed E-state index contributed by atoms with van der Waals surface area (Å²) in [6.07, 6.45) is 0. The normalized spacial score (nSPS) is 11.0. The first-order valence-corrected chi connectivity index (χ1v) is 5.55. The molecular weight excluding hydrogens is 248 g/mol. The van der Waals surface area contributed by atoms with Gasteiger partial charge >= 0.3 is 0 Å². The average molecular weight is 259 g/mol. The Morgan fingerprint density at radius 2 is 1.63 bits per heavy atom. The molecular formula is C13H11N2O4+. The zero-order valence-corrected chi connectivity index (χ0v) is 10.0. The second-order valence-electron chi connectivity index (χ2n) is 4.09.